The van der Waals surface area contributed by atoms with Gasteiger partial charge in [0.1, 0.15) is 5.75 Å². The van der Waals surface area contributed by atoms with E-state index in [9.17, 15) is 4.79 Å². The summed E-state index contributed by atoms with van der Waals surface area (Å²) in [7, 11) is 1.62. The molecule has 4 heteroatoms. The Kier molecular flexibility index (Phi) is 5.63. The summed E-state index contributed by atoms with van der Waals surface area (Å²) in [4.78, 5) is 12.3. The molecule has 0 fully saturated rings. The standard InChI is InChI=1S/C19H24N2O2/c1-5-15-8-6-7-14(3)19(15)21-18(22)12-20-16-11-13(2)9-10-17(16)23-4/h6-11,20H,5,12H2,1-4H3,(H,21,22). The fraction of sp³-hybridized carbons (Fsp3) is 0.316. The Bertz CT molecular complexity index is 696. The van der Waals surface area contributed by atoms with E-state index in [1.54, 1.807) is 7.11 Å². The number of amides is 1. The Labute approximate surface area is 137 Å². The van der Waals surface area contributed by atoms with Crippen LogP contribution in [0.15, 0.2) is 36.4 Å². The predicted molar refractivity (Wildman–Crippen MR) is 95.4 cm³/mol. The molecule has 0 spiro atoms. The van der Waals surface area contributed by atoms with E-state index in [2.05, 4.69) is 17.6 Å². The van der Waals surface area contributed by atoms with Crippen LogP contribution in [0.1, 0.15) is 23.6 Å². The molecule has 0 bridgehead atoms. The van der Waals surface area contributed by atoms with Crippen LogP contribution in [0, 0.1) is 13.8 Å². The van der Waals surface area contributed by atoms with Crippen molar-refractivity contribution in [3.8, 4) is 5.75 Å². The second-order valence-electron chi connectivity index (χ2n) is 5.57. The van der Waals surface area contributed by atoms with E-state index in [0.29, 0.717) is 0 Å². The van der Waals surface area contributed by atoms with Gasteiger partial charge in [0, 0.05) is 5.69 Å². The topological polar surface area (TPSA) is 50.4 Å². The van der Waals surface area contributed by atoms with Crippen molar-refractivity contribution in [1.82, 2.24) is 0 Å². The summed E-state index contributed by atoms with van der Waals surface area (Å²) in [5.74, 6) is 0.658. The molecule has 23 heavy (non-hydrogen) atoms. The molecule has 1 amide bonds. The minimum Gasteiger partial charge on any atom is -0.495 e. The largest absolute Gasteiger partial charge is 0.495 e. The minimum absolute atomic E-state index is 0.0717. The fourth-order valence-electron chi connectivity index (χ4n) is 2.52. The fourth-order valence-corrected chi connectivity index (χ4v) is 2.52. The number of rotatable bonds is 6. The van der Waals surface area contributed by atoms with Crippen LogP contribution < -0.4 is 15.4 Å². The van der Waals surface area contributed by atoms with Crippen LogP contribution in [0.4, 0.5) is 11.4 Å². The molecule has 4 nitrogen and oxygen atoms in total. The van der Waals surface area contributed by atoms with Gasteiger partial charge in [-0.1, -0.05) is 31.2 Å². The highest BCUT2D eigenvalue weighted by atomic mass is 16.5. The first-order chi connectivity index (χ1) is 11.0. The molecule has 0 aliphatic carbocycles. The Morgan fingerprint density at radius 1 is 1.17 bits per heavy atom. The number of benzene rings is 2. The summed E-state index contributed by atoms with van der Waals surface area (Å²) in [5.41, 5.74) is 5.07. The van der Waals surface area contributed by atoms with E-state index in [-0.39, 0.29) is 12.5 Å². The second kappa shape index (κ2) is 7.68. The lowest BCUT2D eigenvalue weighted by Gasteiger charge is -2.15. The lowest BCUT2D eigenvalue weighted by Crippen LogP contribution is -2.23. The number of methoxy groups -OCH3 is 1. The quantitative estimate of drug-likeness (QED) is 0.850. The molecular formula is C19H24N2O2. The molecule has 0 radical (unpaired) electrons. The summed E-state index contributed by atoms with van der Waals surface area (Å²) in [5, 5.41) is 6.15. The maximum absolute atomic E-state index is 12.3. The zero-order valence-corrected chi connectivity index (χ0v) is 14.2. The van der Waals surface area contributed by atoms with Crippen molar-refractivity contribution in [2.45, 2.75) is 27.2 Å². The summed E-state index contributed by atoms with van der Waals surface area (Å²) in [6.07, 6.45) is 0.885. The van der Waals surface area contributed by atoms with Crippen LogP contribution in [-0.2, 0) is 11.2 Å². The molecule has 0 aliphatic heterocycles. The molecule has 2 aromatic rings. The molecule has 0 atom stereocenters. The third kappa shape index (κ3) is 4.25. The average Bonchev–Trinajstić information content (AvgIpc) is 2.55. The van der Waals surface area contributed by atoms with Crippen LogP contribution in [0.2, 0.25) is 0 Å². The van der Waals surface area contributed by atoms with Crippen molar-refractivity contribution in [1.29, 1.82) is 0 Å². The highest BCUT2D eigenvalue weighted by Gasteiger charge is 2.10. The molecule has 0 aromatic heterocycles. The Hall–Kier alpha value is -2.49. The van der Waals surface area contributed by atoms with Crippen molar-refractivity contribution in [3.05, 3.63) is 53.1 Å². The molecule has 0 aliphatic rings. The molecular weight excluding hydrogens is 288 g/mol. The summed E-state index contributed by atoms with van der Waals surface area (Å²) in [6.45, 7) is 6.29. The zero-order chi connectivity index (χ0) is 16.8. The first kappa shape index (κ1) is 16.9. The van der Waals surface area contributed by atoms with Gasteiger partial charge in [0.15, 0.2) is 0 Å². The van der Waals surface area contributed by atoms with Gasteiger partial charge in [-0.15, -0.1) is 0 Å². The van der Waals surface area contributed by atoms with Gasteiger partial charge >= 0.3 is 0 Å². The lowest BCUT2D eigenvalue weighted by molar-refractivity contribution is -0.114. The molecule has 2 aromatic carbocycles. The van der Waals surface area contributed by atoms with Crippen molar-refractivity contribution in [3.63, 3.8) is 0 Å². The maximum Gasteiger partial charge on any atom is 0.243 e. The number of anilines is 2. The monoisotopic (exact) mass is 312 g/mol. The Morgan fingerprint density at radius 2 is 1.96 bits per heavy atom. The zero-order valence-electron chi connectivity index (χ0n) is 14.2. The van der Waals surface area contributed by atoms with Crippen molar-refractivity contribution in [2.75, 3.05) is 24.3 Å². The van der Waals surface area contributed by atoms with E-state index in [4.69, 9.17) is 4.74 Å². The SMILES string of the molecule is CCc1cccc(C)c1NC(=O)CNc1cc(C)ccc1OC. The van der Waals surface area contributed by atoms with Gasteiger partial charge in [-0.05, 0) is 49.1 Å². The van der Waals surface area contributed by atoms with Crippen LogP contribution >= 0.6 is 0 Å². The van der Waals surface area contributed by atoms with Gasteiger partial charge in [-0.25, -0.2) is 0 Å². The normalized spacial score (nSPS) is 10.3. The van der Waals surface area contributed by atoms with E-state index >= 15 is 0 Å². The smallest absolute Gasteiger partial charge is 0.243 e. The predicted octanol–water partition coefficient (Wildman–Crippen LogP) is 3.93. The number of carbonyl (C=O) groups excluding carboxylic acids is 1. The molecule has 2 rings (SSSR count). The third-order valence-corrected chi connectivity index (χ3v) is 3.80. The lowest BCUT2D eigenvalue weighted by atomic mass is 10.1. The molecule has 0 saturated heterocycles. The molecule has 122 valence electrons. The van der Waals surface area contributed by atoms with Crippen molar-refractivity contribution >= 4 is 17.3 Å². The maximum atomic E-state index is 12.3. The number of hydrogen-bond acceptors (Lipinski definition) is 3. The second-order valence-corrected chi connectivity index (χ2v) is 5.57. The highest BCUT2D eigenvalue weighted by molar-refractivity contribution is 5.95. The van der Waals surface area contributed by atoms with Gasteiger partial charge in [-0.2, -0.15) is 0 Å². The molecule has 0 saturated carbocycles. The van der Waals surface area contributed by atoms with E-state index in [1.807, 2.05) is 50.2 Å². The van der Waals surface area contributed by atoms with E-state index in [0.717, 1.165) is 40.2 Å². The van der Waals surface area contributed by atoms with Crippen molar-refractivity contribution in [2.24, 2.45) is 0 Å². The van der Waals surface area contributed by atoms with Crippen molar-refractivity contribution < 1.29 is 9.53 Å². The summed E-state index contributed by atoms with van der Waals surface area (Å²) < 4.78 is 5.31. The van der Waals surface area contributed by atoms with Crippen LogP contribution in [0.3, 0.4) is 0 Å². The van der Waals surface area contributed by atoms with E-state index in [1.165, 1.54) is 0 Å². The average molecular weight is 312 g/mol. The van der Waals surface area contributed by atoms with Gasteiger partial charge in [-0.3, -0.25) is 4.79 Å². The molecule has 0 heterocycles. The molecule has 0 unspecified atom stereocenters. The number of aryl methyl sites for hydroxylation is 3. The first-order valence-corrected chi connectivity index (χ1v) is 7.82. The number of para-hydroxylation sites is 1. The highest BCUT2D eigenvalue weighted by Crippen LogP contribution is 2.25. The first-order valence-electron chi connectivity index (χ1n) is 7.82. The van der Waals surface area contributed by atoms with Crippen LogP contribution in [0.5, 0.6) is 5.75 Å². The van der Waals surface area contributed by atoms with Gasteiger partial charge in [0.2, 0.25) is 5.91 Å². The van der Waals surface area contributed by atoms with Gasteiger partial charge in [0.25, 0.3) is 0 Å². The van der Waals surface area contributed by atoms with Crippen LogP contribution in [-0.4, -0.2) is 19.6 Å². The van der Waals surface area contributed by atoms with Gasteiger partial charge in [0.05, 0.1) is 19.3 Å². The van der Waals surface area contributed by atoms with E-state index < -0.39 is 0 Å². The molecule has 2 N–H and O–H groups in total. The van der Waals surface area contributed by atoms with Crippen LogP contribution in [0.25, 0.3) is 0 Å². The number of ether oxygens (including phenoxy) is 1. The van der Waals surface area contributed by atoms with Gasteiger partial charge < -0.3 is 15.4 Å². The summed E-state index contributed by atoms with van der Waals surface area (Å²) in [6, 6.07) is 11.9. The minimum atomic E-state index is -0.0717. The summed E-state index contributed by atoms with van der Waals surface area (Å²) >= 11 is 0. The Balaban J connectivity index is 2.05. The number of nitrogens with one attached hydrogen (secondary N) is 2. The number of carbonyl (C=O) groups is 1. The Morgan fingerprint density at radius 3 is 2.65 bits per heavy atom. The third-order valence-electron chi connectivity index (χ3n) is 3.80. The number of hydrogen-bond donors (Lipinski definition) is 2.